The first-order chi connectivity index (χ1) is 29.7. The number of amides is 4. The minimum Gasteiger partial charge on any atom is -0.464 e. The standard InChI is InChI=1S/C46H54N8O7S/c1-8-11-35(55)53-19-16-27(22-53)43(57)52(6)40(25(2)3)42(56)50-32-21-34-48-33(23-62-34)26-14-15-30-29(20-26)36-37(41(60-7)39-28(38(36)49-30)12-9-17-47-39)46(4,5)24-61-45(59)31-13-10-18-54(51-31)44(32)58/h9,12,14-15,17,20,23,25,27,31-32,37,40-41,49,51H,10,13,16,18-19,21-22,24H2,1-7H3,(H,50,56)/t27-,31-,32-,37?,40-,41-/m0/s1. The molecule has 2 fully saturated rings. The third kappa shape index (κ3) is 7.97. The SMILES string of the molecule is CC#CC(=O)N1CC[C@H](C(=O)N(C)[C@H](C(=O)N[C@H]2Cc3nc(cs3)-c3ccc4[nH]c5c(c4c3)C([C@H](OC)c3ncccc3-5)C(C)(C)COC(=O)[C@@H]3CCCN(N3)C2=O)C(C)C)C1. The Kier molecular flexibility index (Phi) is 12.0. The van der Waals surface area contributed by atoms with Gasteiger partial charge in [0.15, 0.2) is 0 Å². The van der Waals surface area contributed by atoms with Crippen LogP contribution in [0.2, 0.25) is 0 Å². The first-order valence-corrected chi connectivity index (χ1v) is 22.2. The molecule has 1 aromatic carbocycles. The number of ether oxygens (including phenoxy) is 2. The number of hydrazine groups is 1. The number of aromatic nitrogens is 3. The van der Waals surface area contributed by atoms with Gasteiger partial charge in [-0.1, -0.05) is 39.7 Å². The zero-order chi connectivity index (χ0) is 44.0. The summed E-state index contributed by atoms with van der Waals surface area (Å²) in [6.45, 7) is 10.4. The number of likely N-dealkylation sites (N-methyl/N-ethyl adjacent to an activating group) is 1. The van der Waals surface area contributed by atoms with Crippen LogP contribution in [0.1, 0.15) is 82.2 Å². The molecule has 6 bridgehead atoms. The summed E-state index contributed by atoms with van der Waals surface area (Å²) in [7, 11) is 3.28. The Balaban J connectivity index is 1.14. The van der Waals surface area contributed by atoms with Crippen molar-refractivity contribution in [1.82, 2.24) is 40.5 Å². The fraction of sp³-hybridized carbons (Fsp3) is 0.500. The Hall–Kier alpha value is -5.63. The number of cyclic esters (lactones) is 1. The number of nitrogens with zero attached hydrogens (tertiary/aromatic N) is 5. The van der Waals surface area contributed by atoms with E-state index in [2.05, 4.69) is 47.5 Å². The van der Waals surface area contributed by atoms with E-state index >= 15 is 0 Å². The molecule has 2 saturated heterocycles. The molecule has 15 nitrogen and oxygen atoms in total. The van der Waals surface area contributed by atoms with E-state index in [1.165, 1.54) is 21.2 Å². The molecular weight excluding hydrogens is 809 g/mol. The molecule has 6 atom stereocenters. The number of methoxy groups -OCH3 is 1. The Morgan fingerprint density at radius 3 is 2.71 bits per heavy atom. The van der Waals surface area contributed by atoms with Crippen LogP contribution in [0.4, 0.5) is 0 Å². The third-order valence-corrected chi connectivity index (χ3v) is 13.7. The minimum atomic E-state index is -1.09. The van der Waals surface area contributed by atoms with Gasteiger partial charge in [0.2, 0.25) is 11.8 Å². The average molecular weight is 863 g/mol. The topological polar surface area (TPSA) is 179 Å². The van der Waals surface area contributed by atoms with E-state index in [0.29, 0.717) is 37.4 Å². The van der Waals surface area contributed by atoms with Crippen molar-refractivity contribution in [3.8, 4) is 34.4 Å². The molecule has 0 radical (unpaired) electrons. The number of aromatic amines is 1. The van der Waals surface area contributed by atoms with Crippen LogP contribution in [-0.2, 0) is 39.9 Å². The van der Waals surface area contributed by atoms with Crippen LogP contribution in [0.15, 0.2) is 41.9 Å². The van der Waals surface area contributed by atoms with Gasteiger partial charge in [-0.25, -0.2) is 10.4 Å². The molecule has 0 saturated carbocycles. The van der Waals surface area contributed by atoms with Crippen molar-refractivity contribution >= 4 is 51.8 Å². The number of esters is 1. The Morgan fingerprint density at radius 2 is 1.95 bits per heavy atom. The lowest BCUT2D eigenvalue weighted by Gasteiger charge is -2.42. The highest BCUT2D eigenvalue weighted by atomic mass is 32.1. The number of likely N-dealkylation sites (tertiary alicyclic amines) is 1. The van der Waals surface area contributed by atoms with E-state index in [1.807, 2.05) is 43.5 Å². The molecule has 4 aliphatic rings. The van der Waals surface area contributed by atoms with Crippen LogP contribution >= 0.6 is 11.3 Å². The maximum absolute atomic E-state index is 14.6. The van der Waals surface area contributed by atoms with E-state index in [9.17, 15) is 24.0 Å². The number of rotatable bonds is 6. The molecule has 16 heteroatoms. The molecule has 8 rings (SSSR count). The second kappa shape index (κ2) is 17.3. The van der Waals surface area contributed by atoms with Crippen molar-refractivity contribution in [2.45, 2.75) is 90.4 Å². The van der Waals surface area contributed by atoms with E-state index < -0.39 is 53.3 Å². The first-order valence-electron chi connectivity index (χ1n) is 21.3. The van der Waals surface area contributed by atoms with Crippen LogP contribution < -0.4 is 10.7 Å². The smallest absolute Gasteiger partial charge is 0.324 e. The summed E-state index contributed by atoms with van der Waals surface area (Å²) in [5.41, 5.74) is 8.77. The minimum absolute atomic E-state index is 0.0649. The molecule has 4 amide bonds. The molecule has 3 N–H and O–H groups in total. The number of nitrogens with one attached hydrogen (secondary N) is 3. The number of benzene rings is 1. The van der Waals surface area contributed by atoms with Gasteiger partial charge in [0.05, 0.1) is 34.6 Å². The zero-order valence-corrected chi connectivity index (χ0v) is 37.1. The normalized spacial score (nSPS) is 23.8. The fourth-order valence-electron chi connectivity index (χ4n) is 9.72. The van der Waals surface area contributed by atoms with Gasteiger partial charge < -0.3 is 29.6 Å². The maximum Gasteiger partial charge on any atom is 0.324 e. The predicted octanol–water partition coefficient (Wildman–Crippen LogP) is 4.60. The van der Waals surface area contributed by atoms with Crippen molar-refractivity contribution in [3.05, 3.63) is 58.2 Å². The molecule has 6 heterocycles. The van der Waals surface area contributed by atoms with Crippen molar-refractivity contribution < 1.29 is 33.4 Å². The number of thiazole rings is 1. The van der Waals surface area contributed by atoms with Gasteiger partial charge in [0.1, 0.15) is 24.2 Å². The van der Waals surface area contributed by atoms with E-state index in [0.717, 1.165) is 44.7 Å². The second-order valence-corrected chi connectivity index (χ2v) is 18.7. The Labute approximate surface area is 365 Å². The van der Waals surface area contributed by atoms with Gasteiger partial charge >= 0.3 is 5.97 Å². The fourth-order valence-corrected chi connectivity index (χ4v) is 10.6. The van der Waals surface area contributed by atoms with Crippen LogP contribution in [-0.4, -0.2) is 118 Å². The molecule has 326 valence electrons. The molecule has 0 spiro atoms. The third-order valence-electron chi connectivity index (χ3n) is 12.8. The molecule has 4 aromatic rings. The number of carbonyl (C=O) groups is 5. The highest BCUT2D eigenvalue weighted by molar-refractivity contribution is 7.10. The quantitative estimate of drug-likeness (QED) is 0.183. The highest BCUT2D eigenvalue weighted by Gasteiger charge is 2.47. The first kappa shape index (κ1) is 43.0. The summed E-state index contributed by atoms with van der Waals surface area (Å²) in [6.07, 6.45) is 2.84. The van der Waals surface area contributed by atoms with Crippen LogP contribution in [0.25, 0.3) is 33.4 Å². The zero-order valence-electron chi connectivity index (χ0n) is 36.2. The maximum atomic E-state index is 14.6. The average Bonchev–Trinajstić information content (AvgIpc) is 4.03. The number of pyridine rings is 1. The lowest BCUT2D eigenvalue weighted by Crippen LogP contribution is -2.62. The largest absolute Gasteiger partial charge is 0.464 e. The Morgan fingerprint density at radius 1 is 1.15 bits per heavy atom. The lowest BCUT2D eigenvalue weighted by molar-refractivity contribution is -0.156. The van der Waals surface area contributed by atoms with Crippen molar-refractivity contribution in [2.24, 2.45) is 17.3 Å². The molecule has 62 heavy (non-hydrogen) atoms. The van der Waals surface area contributed by atoms with Crippen LogP contribution in [0.5, 0.6) is 0 Å². The van der Waals surface area contributed by atoms with Crippen LogP contribution in [0, 0.1) is 29.1 Å². The summed E-state index contributed by atoms with van der Waals surface area (Å²) in [5, 5.41) is 7.98. The number of H-pyrrole nitrogens is 1. The number of carbonyl (C=O) groups excluding carboxylic acids is 5. The molecule has 1 aliphatic carbocycles. The van der Waals surface area contributed by atoms with E-state index in [-0.39, 0.29) is 43.2 Å². The van der Waals surface area contributed by atoms with Crippen molar-refractivity contribution in [3.63, 3.8) is 0 Å². The highest BCUT2D eigenvalue weighted by Crippen LogP contribution is 2.56. The molecule has 3 aromatic heterocycles. The van der Waals surface area contributed by atoms with Gasteiger partial charge in [-0.15, -0.1) is 11.3 Å². The summed E-state index contributed by atoms with van der Waals surface area (Å²) in [6, 6.07) is 7.33. The lowest BCUT2D eigenvalue weighted by atomic mass is 9.67. The molecule has 3 aliphatic heterocycles. The predicted molar refractivity (Wildman–Crippen MR) is 233 cm³/mol. The van der Waals surface area contributed by atoms with E-state index in [4.69, 9.17) is 19.4 Å². The van der Waals surface area contributed by atoms with Crippen molar-refractivity contribution in [1.29, 1.82) is 0 Å². The van der Waals surface area contributed by atoms with Crippen LogP contribution in [0.3, 0.4) is 0 Å². The summed E-state index contributed by atoms with van der Waals surface area (Å²) < 4.78 is 12.4. The number of hydrogen-bond acceptors (Lipinski definition) is 11. The Bertz CT molecular complexity index is 2480. The molecular formula is C46H54N8O7S. The van der Waals surface area contributed by atoms with Crippen molar-refractivity contribution in [2.75, 3.05) is 40.4 Å². The summed E-state index contributed by atoms with van der Waals surface area (Å²) in [4.78, 5) is 85.7. The number of hydrogen-bond donors (Lipinski definition) is 3. The van der Waals surface area contributed by atoms with Gasteiger partial charge in [0.25, 0.3) is 11.8 Å². The molecule has 1 unspecified atom stereocenters. The summed E-state index contributed by atoms with van der Waals surface area (Å²) >= 11 is 1.39. The van der Waals surface area contributed by atoms with Gasteiger partial charge in [0, 0.05) is 85.2 Å². The number of fused-ring (bicyclic) bond motifs is 8. The van der Waals surface area contributed by atoms with Gasteiger partial charge in [-0.05, 0) is 67.9 Å². The van der Waals surface area contributed by atoms with Gasteiger partial charge in [-0.3, -0.25) is 34.0 Å². The monoisotopic (exact) mass is 862 g/mol. The summed E-state index contributed by atoms with van der Waals surface area (Å²) in [5.74, 6) is 2.09. The van der Waals surface area contributed by atoms with E-state index in [1.54, 1.807) is 32.2 Å². The second-order valence-electron chi connectivity index (χ2n) is 17.8. The van der Waals surface area contributed by atoms with Gasteiger partial charge in [-0.2, -0.15) is 0 Å².